The lowest BCUT2D eigenvalue weighted by Crippen LogP contribution is -2.19. The molecule has 6 heteroatoms. The molecule has 0 unspecified atom stereocenters. The van der Waals surface area contributed by atoms with Crippen LogP contribution in [0.1, 0.15) is 30.1 Å². The van der Waals surface area contributed by atoms with Gasteiger partial charge < -0.3 is 14.2 Å². The molecule has 5 nitrogen and oxygen atoms in total. The van der Waals surface area contributed by atoms with Crippen molar-refractivity contribution in [3.63, 3.8) is 0 Å². The maximum absolute atomic E-state index is 12.1. The maximum Gasteiger partial charge on any atom is 0.379 e. The first kappa shape index (κ1) is 14.8. The first-order chi connectivity index (χ1) is 9.56. The second kappa shape index (κ2) is 6.26. The number of carbonyl (C=O) groups is 2. The Kier molecular flexibility index (Phi) is 4.65. The molecule has 0 heterocycles. The minimum absolute atomic E-state index is 0.0822. The number of hydrogen-bond donors (Lipinski definition) is 0. The van der Waals surface area contributed by atoms with E-state index in [0.29, 0.717) is 16.0 Å². The van der Waals surface area contributed by atoms with Crippen LogP contribution in [0.15, 0.2) is 16.6 Å². The van der Waals surface area contributed by atoms with Crippen LogP contribution in [0.4, 0.5) is 0 Å². The van der Waals surface area contributed by atoms with Gasteiger partial charge >= 0.3 is 5.97 Å². The predicted molar refractivity (Wildman–Crippen MR) is 75.3 cm³/mol. The van der Waals surface area contributed by atoms with Crippen molar-refractivity contribution in [3.05, 3.63) is 22.2 Å². The van der Waals surface area contributed by atoms with Crippen LogP contribution < -0.4 is 9.47 Å². The summed E-state index contributed by atoms with van der Waals surface area (Å²) in [5, 5.41) is 0. The third-order valence-electron chi connectivity index (χ3n) is 2.75. The van der Waals surface area contributed by atoms with Gasteiger partial charge in [0.1, 0.15) is 0 Å². The van der Waals surface area contributed by atoms with Crippen LogP contribution in [0.5, 0.6) is 11.5 Å². The molecule has 0 radical (unpaired) electrons. The minimum Gasteiger partial charge on any atom is -0.493 e. The molecular formula is C14H15BrO5. The number of halogens is 1. The molecule has 1 aliphatic rings. The Balaban J connectivity index is 2.40. The number of hydrogen-bond acceptors (Lipinski definition) is 5. The summed E-state index contributed by atoms with van der Waals surface area (Å²) in [5.74, 6) is -0.912. The van der Waals surface area contributed by atoms with E-state index in [9.17, 15) is 9.59 Å². The summed E-state index contributed by atoms with van der Waals surface area (Å²) in [6, 6.07) is 3.24. The van der Waals surface area contributed by atoms with E-state index < -0.39 is 11.8 Å². The summed E-state index contributed by atoms with van der Waals surface area (Å²) in [6.07, 6.45) is 1.96. The topological polar surface area (TPSA) is 61.8 Å². The first-order valence-electron chi connectivity index (χ1n) is 6.32. The van der Waals surface area contributed by atoms with Gasteiger partial charge in [0, 0.05) is 4.47 Å². The van der Waals surface area contributed by atoms with E-state index in [1.807, 2.05) is 0 Å². The Hall–Kier alpha value is -1.56. The molecule has 108 valence electrons. The van der Waals surface area contributed by atoms with Crippen molar-refractivity contribution < 1.29 is 23.8 Å². The van der Waals surface area contributed by atoms with E-state index in [1.54, 1.807) is 19.1 Å². The zero-order valence-corrected chi connectivity index (χ0v) is 12.9. The average molecular weight is 343 g/mol. The molecule has 1 fully saturated rings. The van der Waals surface area contributed by atoms with E-state index in [2.05, 4.69) is 15.9 Å². The number of benzene rings is 1. The highest BCUT2D eigenvalue weighted by Crippen LogP contribution is 2.39. The highest BCUT2D eigenvalue weighted by Gasteiger charge is 2.30. The molecule has 1 aromatic carbocycles. The highest BCUT2D eigenvalue weighted by atomic mass is 79.9. The Morgan fingerprint density at radius 1 is 1.35 bits per heavy atom. The van der Waals surface area contributed by atoms with Crippen molar-refractivity contribution in [1.29, 1.82) is 0 Å². The van der Waals surface area contributed by atoms with Crippen molar-refractivity contribution in [2.45, 2.75) is 25.9 Å². The number of ether oxygens (including phenoxy) is 3. The number of rotatable bonds is 6. The minimum atomic E-state index is -0.895. The molecule has 1 aliphatic carbocycles. The summed E-state index contributed by atoms with van der Waals surface area (Å²) in [5.41, 5.74) is 0.154. The fourth-order valence-electron chi connectivity index (χ4n) is 1.67. The number of carbonyl (C=O) groups excluding carboxylic acids is 2. The third-order valence-corrected chi connectivity index (χ3v) is 3.21. The Bertz CT molecular complexity index is 537. The van der Waals surface area contributed by atoms with E-state index in [1.165, 1.54) is 7.11 Å². The second-order valence-electron chi connectivity index (χ2n) is 4.35. The third kappa shape index (κ3) is 3.30. The first-order valence-corrected chi connectivity index (χ1v) is 7.11. The fraction of sp³-hybridized carbons (Fsp3) is 0.429. The van der Waals surface area contributed by atoms with Crippen molar-refractivity contribution in [2.24, 2.45) is 0 Å². The standard InChI is InChI=1S/C14H15BrO5/c1-3-19-14(17)12(16)10-6-8(15)7-11(18-2)13(10)20-9-4-5-9/h6-7,9H,3-5H2,1-2H3. The largest absolute Gasteiger partial charge is 0.493 e. The predicted octanol–water partition coefficient (Wildman–Crippen LogP) is 2.74. The van der Waals surface area contributed by atoms with Crippen LogP contribution in [0.2, 0.25) is 0 Å². The van der Waals surface area contributed by atoms with Gasteiger partial charge in [-0.1, -0.05) is 15.9 Å². The number of ketones is 1. The molecule has 0 aliphatic heterocycles. The molecule has 0 spiro atoms. The summed E-state index contributed by atoms with van der Waals surface area (Å²) in [6.45, 7) is 1.79. The molecule has 0 atom stereocenters. The molecular weight excluding hydrogens is 328 g/mol. The summed E-state index contributed by atoms with van der Waals surface area (Å²) < 4.78 is 16.3. The molecule has 0 N–H and O–H groups in total. The lowest BCUT2D eigenvalue weighted by Gasteiger charge is -2.14. The van der Waals surface area contributed by atoms with Crippen LogP contribution in [-0.2, 0) is 9.53 Å². The van der Waals surface area contributed by atoms with E-state index in [0.717, 1.165) is 12.8 Å². The van der Waals surface area contributed by atoms with Gasteiger partial charge in [-0.2, -0.15) is 0 Å². The summed E-state index contributed by atoms with van der Waals surface area (Å²) in [7, 11) is 1.49. The van der Waals surface area contributed by atoms with Crippen molar-refractivity contribution in [2.75, 3.05) is 13.7 Å². The zero-order valence-electron chi connectivity index (χ0n) is 11.3. The molecule has 1 aromatic rings. The molecule has 2 rings (SSSR count). The molecule has 1 saturated carbocycles. The quantitative estimate of drug-likeness (QED) is 0.452. The van der Waals surface area contributed by atoms with Gasteiger partial charge in [0.05, 0.1) is 25.4 Å². The van der Waals surface area contributed by atoms with E-state index in [-0.39, 0.29) is 18.3 Å². The van der Waals surface area contributed by atoms with Crippen LogP contribution >= 0.6 is 15.9 Å². The van der Waals surface area contributed by atoms with Crippen molar-refractivity contribution >= 4 is 27.7 Å². The normalized spacial score (nSPS) is 13.8. The van der Waals surface area contributed by atoms with Gasteiger partial charge in [-0.25, -0.2) is 4.79 Å². The number of methoxy groups -OCH3 is 1. The lowest BCUT2D eigenvalue weighted by molar-refractivity contribution is -0.137. The molecule has 0 saturated heterocycles. The van der Waals surface area contributed by atoms with Crippen LogP contribution in [0.25, 0.3) is 0 Å². The monoisotopic (exact) mass is 342 g/mol. The van der Waals surface area contributed by atoms with Gasteiger partial charge in [0.2, 0.25) is 0 Å². The van der Waals surface area contributed by atoms with Gasteiger partial charge in [-0.05, 0) is 31.9 Å². The molecule has 0 amide bonds. The smallest absolute Gasteiger partial charge is 0.379 e. The Morgan fingerprint density at radius 3 is 2.60 bits per heavy atom. The molecule has 20 heavy (non-hydrogen) atoms. The van der Waals surface area contributed by atoms with Crippen LogP contribution in [0.3, 0.4) is 0 Å². The van der Waals surface area contributed by atoms with E-state index in [4.69, 9.17) is 14.2 Å². The van der Waals surface area contributed by atoms with E-state index >= 15 is 0 Å². The van der Waals surface area contributed by atoms with Gasteiger partial charge in [-0.3, -0.25) is 4.79 Å². The number of Topliss-reactive ketones (excluding diaryl/α,β-unsaturated/α-hetero) is 1. The Labute approximate surface area is 125 Å². The van der Waals surface area contributed by atoms with Crippen molar-refractivity contribution in [1.82, 2.24) is 0 Å². The summed E-state index contributed by atoms with van der Waals surface area (Å²) >= 11 is 3.29. The Morgan fingerprint density at radius 2 is 2.05 bits per heavy atom. The molecule has 0 aromatic heterocycles. The van der Waals surface area contributed by atoms with Crippen LogP contribution in [0, 0.1) is 0 Å². The van der Waals surface area contributed by atoms with Gasteiger partial charge in [0.15, 0.2) is 11.5 Å². The molecule has 0 bridgehead atoms. The number of esters is 1. The second-order valence-corrected chi connectivity index (χ2v) is 5.27. The lowest BCUT2D eigenvalue weighted by atomic mass is 10.1. The highest BCUT2D eigenvalue weighted by molar-refractivity contribution is 9.10. The average Bonchev–Trinajstić information content (AvgIpc) is 3.23. The maximum atomic E-state index is 12.1. The van der Waals surface area contributed by atoms with Gasteiger partial charge in [0.25, 0.3) is 5.78 Å². The zero-order chi connectivity index (χ0) is 14.7. The van der Waals surface area contributed by atoms with Crippen molar-refractivity contribution in [3.8, 4) is 11.5 Å². The van der Waals surface area contributed by atoms with Gasteiger partial charge in [-0.15, -0.1) is 0 Å². The van der Waals surface area contributed by atoms with Crippen LogP contribution in [-0.4, -0.2) is 31.6 Å². The fourth-order valence-corrected chi connectivity index (χ4v) is 2.11. The SMILES string of the molecule is CCOC(=O)C(=O)c1cc(Br)cc(OC)c1OC1CC1. The summed E-state index contributed by atoms with van der Waals surface area (Å²) in [4.78, 5) is 23.8.